The molecule has 148 valence electrons. The summed E-state index contributed by atoms with van der Waals surface area (Å²) < 4.78 is 12.2. The van der Waals surface area contributed by atoms with Gasteiger partial charge in [0.2, 0.25) is 0 Å². The Morgan fingerprint density at radius 2 is 1.58 bits per heavy atom. The van der Waals surface area contributed by atoms with Crippen LogP contribution in [0.25, 0.3) is 0 Å². The zero-order valence-corrected chi connectivity index (χ0v) is 16.4. The van der Waals surface area contributed by atoms with Gasteiger partial charge in [-0.3, -0.25) is 0 Å². The van der Waals surface area contributed by atoms with E-state index >= 15 is 0 Å². The van der Waals surface area contributed by atoms with Crippen LogP contribution < -0.4 is 0 Å². The number of rotatable bonds is 1. The van der Waals surface area contributed by atoms with Crippen molar-refractivity contribution in [1.82, 2.24) is 0 Å². The molecule has 5 rings (SSSR count). The maximum Gasteiger partial charge on any atom is 0.169 e. The molecule has 4 nitrogen and oxygen atoms in total. The quantitative estimate of drug-likeness (QED) is 0.749. The van der Waals surface area contributed by atoms with E-state index in [0.717, 1.165) is 25.7 Å². The van der Waals surface area contributed by atoms with Gasteiger partial charge in [0.15, 0.2) is 5.79 Å². The zero-order chi connectivity index (χ0) is 18.1. The van der Waals surface area contributed by atoms with Gasteiger partial charge in [-0.2, -0.15) is 0 Å². The monoisotopic (exact) mass is 364 g/mol. The summed E-state index contributed by atoms with van der Waals surface area (Å²) in [7, 11) is 0. The summed E-state index contributed by atoms with van der Waals surface area (Å²) in [5.74, 6) is 3.00. The lowest BCUT2D eigenvalue weighted by Crippen LogP contribution is -2.57. The van der Waals surface area contributed by atoms with Gasteiger partial charge >= 0.3 is 0 Å². The van der Waals surface area contributed by atoms with Crippen molar-refractivity contribution in [2.45, 2.75) is 83.2 Å². The van der Waals surface area contributed by atoms with Crippen molar-refractivity contribution >= 4 is 0 Å². The number of fused-ring (bicyclic) bond motifs is 5. The maximum absolute atomic E-state index is 11.3. The van der Waals surface area contributed by atoms with Gasteiger partial charge < -0.3 is 19.7 Å². The van der Waals surface area contributed by atoms with Crippen LogP contribution in [0, 0.1) is 40.9 Å². The number of ether oxygens (including phenoxy) is 2. The van der Waals surface area contributed by atoms with Gasteiger partial charge in [0.1, 0.15) is 0 Å². The molecule has 5 aliphatic rings. The Labute approximate surface area is 157 Å². The minimum absolute atomic E-state index is 0.105. The third kappa shape index (κ3) is 2.48. The molecule has 0 unspecified atom stereocenters. The average molecular weight is 365 g/mol. The summed E-state index contributed by atoms with van der Waals surface area (Å²) >= 11 is 0. The lowest BCUT2D eigenvalue weighted by atomic mass is 9.48. The van der Waals surface area contributed by atoms with E-state index in [2.05, 4.69) is 13.8 Å². The molecular formula is C22H36O4. The molecule has 0 radical (unpaired) electrons. The third-order valence-electron chi connectivity index (χ3n) is 9.39. The van der Waals surface area contributed by atoms with Crippen LogP contribution in [-0.4, -0.2) is 41.4 Å². The zero-order valence-electron chi connectivity index (χ0n) is 16.4. The van der Waals surface area contributed by atoms with E-state index in [4.69, 9.17) is 9.47 Å². The number of hydrogen-bond donors (Lipinski definition) is 2. The molecule has 1 saturated heterocycles. The summed E-state index contributed by atoms with van der Waals surface area (Å²) in [6.45, 7) is 5.96. The van der Waals surface area contributed by atoms with Crippen LogP contribution in [0.15, 0.2) is 0 Å². The van der Waals surface area contributed by atoms with Crippen molar-refractivity contribution in [3.05, 3.63) is 0 Å². The van der Waals surface area contributed by atoms with Crippen molar-refractivity contribution in [3.8, 4) is 0 Å². The first-order valence-electron chi connectivity index (χ1n) is 11.1. The number of aliphatic hydroxyl groups excluding tert-OH is 2. The van der Waals surface area contributed by atoms with E-state index in [9.17, 15) is 10.2 Å². The van der Waals surface area contributed by atoms with Crippen LogP contribution in [0.3, 0.4) is 0 Å². The molecular weight excluding hydrogens is 328 g/mol. The van der Waals surface area contributed by atoms with E-state index in [1.165, 1.54) is 25.7 Å². The second-order valence-electron chi connectivity index (χ2n) is 10.4. The normalized spacial score (nSPS) is 55.8. The SMILES string of the molecule is CC1([C@H]2CC[C@H]3[C@@H]4CC[C@H]5C[C@H](O)CC[C@@H]5[C@H]4[C@@H](O)C[C@]23C)OCCO1. The maximum atomic E-state index is 11.3. The first kappa shape index (κ1) is 17.9. The molecule has 0 bridgehead atoms. The Hall–Kier alpha value is -0.160. The van der Waals surface area contributed by atoms with Crippen molar-refractivity contribution in [3.63, 3.8) is 0 Å². The molecule has 0 aromatic carbocycles. The van der Waals surface area contributed by atoms with Crippen molar-refractivity contribution in [2.75, 3.05) is 13.2 Å². The summed E-state index contributed by atoms with van der Waals surface area (Å²) in [4.78, 5) is 0. The third-order valence-corrected chi connectivity index (χ3v) is 9.39. The fraction of sp³-hybridized carbons (Fsp3) is 1.00. The number of aliphatic hydroxyl groups is 2. The van der Waals surface area contributed by atoms with E-state index < -0.39 is 5.79 Å². The van der Waals surface area contributed by atoms with Crippen LogP contribution in [0.1, 0.15) is 65.2 Å². The molecule has 1 heterocycles. The molecule has 9 atom stereocenters. The molecule has 0 aromatic rings. The van der Waals surface area contributed by atoms with Crippen molar-refractivity contribution in [2.24, 2.45) is 40.9 Å². The van der Waals surface area contributed by atoms with Gasteiger partial charge in [0, 0.05) is 5.92 Å². The van der Waals surface area contributed by atoms with E-state index in [1.54, 1.807) is 0 Å². The largest absolute Gasteiger partial charge is 0.393 e. The molecule has 4 aliphatic carbocycles. The Morgan fingerprint density at radius 3 is 2.35 bits per heavy atom. The molecule has 1 aliphatic heterocycles. The molecule has 0 amide bonds. The van der Waals surface area contributed by atoms with Crippen LogP contribution >= 0.6 is 0 Å². The minimum Gasteiger partial charge on any atom is -0.393 e. The first-order chi connectivity index (χ1) is 12.4. The lowest BCUT2D eigenvalue weighted by Gasteiger charge is -2.58. The van der Waals surface area contributed by atoms with Crippen LogP contribution in [0.5, 0.6) is 0 Å². The van der Waals surface area contributed by atoms with Crippen LogP contribution in [0.2, 0.25) is 0 Å². The fourth-order valence-electron chi connectivity index (χ4n) is 8.50. The van der Waals surface area contributed by atoms with Gasteiger partial charge in [0.05, 0.1) is 25.4 Å². The Kier molecular flexibility index (Phi) is 4.25. The van der Waals surface area contributed by atoms with Gasteiger partial charge in [-0.05, 0) is 93.3 Å². The fourth-order valence-corrected chi connectivity index (χ4v) is 8.50. The van der Waals surface area contributed by atoms with Crippen LogP contribution in [-0.2, 0) is 9.47 Å². The highest BCUT2D eigenvalue weighted by Crippen LogP contribution is 2.66. The predicted molar refractivity (Wildman–Crippen MR) is 98.3 cm³/mol. The number of hydrogen-bond acceptors (Lipinski definition) is 4. The van der Waals surface area contributed by atoms with Crippen molar-refractivity contribution in [1.29, 1.82) is 0 Å². The second-order valence-corrected chi connectivity index (χ2v) is 10.4. The molecule has 26 heavy (non-hydrogen) atoms. The lowest BCUT2D eigenvalue weighted by molar-refractivity contribution is -0.225. The molecule has 2 N–H and O–H groups in total. The Bertz CT molecular complexity index is 544. The average Bonchev–Trinajstić information content (AvgIpc) is 3.18. The highest BCUT2D eigenvalue weighted by atomic mass is 16.7. The van der Waals surface area contributed by atoms with Gasteiger partial charge in [-0.25, -0.2) is 0 Å². The Morgan fingerprint density at radius 1 is 0.846 bits per heavy atom. The smallest absolute Gasteiger partial charge is 0.169 e. The summed E-state index contributed by atoms with van der Waals surface area (Å²) in [6, 6.07) is 0. The highest BCUT2D eigenvalue weighted by Gasteiger charge is 2.63. The van der Waals surface area contributed by atoms with E-state index in [0.29, 0.717) is 48.7 Å². The van der Waals surface area contributed by atoms with Gasteiger partial charge in [-0.1, -0.05) is 6.92 Å². The first-order valence-corrected chi connectivity index (χ1v) is 11.1. The standard InChI is InChI=1S/C22H36O4/c1-21-12-18(24)20-15-6-4-14(23)11-13(15)3-5-16(20)17(21)7-8-19(21)22(2)25-9-10-26-22/h13-20,23-24H,3-12H2,1-2H3/t13-,14+,15-,16-,17-,18-,19-,20+,21-/m0/s1. The summed E-state index contributed by atoms with van der Waals surface area (Å²) in [6.07, 6.45) is 8.52. The highest BCUT2D eigenvalue weighted by molar-refractivity contribution is 5.11. The summed E-state index contributed by atoms with van der Waals surface area (Å²) in [5.41, 5.74) is 0.126. The molecule has 4 saturated carbocycles. The molecule has 0 spiro atoms. The predicted octanol–water partition coefficient (Wildman–Crippen LogP) is 3.35. The second kappa shape index (κ2) is 6.17. The van der Waals surface area contributed by atoms with Gasteiger partial charge in [0.25, 0.3) is 0 Å². The van der Waals surface area contributed by atoms with Gasteiger partial charge in [-0.15, -0.1) is 0 Å². The van der Waals surface area contributed by atoms with Crippen molar-refractivity contribution < 1.29 is 19.7 Å². The van der Waals surface area contributed by atoms with E-state index in [1.807, 2.05) is 0 Å². The topological polar surface area (TPSA) is 58.9 Å². The van der Waals surface area contributed by atoms with Crippen LogP contribution in [0.4, 0.5) is 0 Å². The van der Waals surface area contributed by atoms with E-state index in [-0.39, 0.29) is 17.6 Å². The molecule has 5 fully saturated rings. The minimum atomic E-state index is -0.456. The molecule has 4 heteroatoms. The summed E-state index contributed by atoms with van der Waals surface area (Å²) in [5, 5.41) is 21.4. The molecule has 0 aromatic heterocycles. The Balaban J connectivity index is 1.42.